The summed E-state index contributed by atoms with van der Waals surface area (Å²) in [5, 5.41) is 23.4. The molecule has 1 aromatic heterocycles. The van der Waals surface area contributed by atoms with E-state index in [-0.39, 0.29) is 5.41 Å². The summed E-state index contributed by atoms with van der Waals surface area (Å²) < 4.78 is 0. The van der Waals surface area contributed by atoms with E-state index in [0.29, 0.717) is 11.8 Å². The smallest absolute Gasteiger partial charge is 0.106 e. The molecule has 0 amide bonds. The molecule has 1 fully saturated rings. The highest BCUT2D eigenvalue weighted by atomic mass is 16.3. The van der Waals surface area contributed by atoms with E-state index in [4.69, 9.17) is 4.98 Å². The number of rotatable bonds is 5. The zero-order valence-electron chi connectivity index (χ0n) is 21.4. The second kappa shape index (κ2) is 9.24. The minimum Gasteiger partial charge on any atom is -0.388 e. The molecule has 2 aromatic rings. The van der Waals surface area contributed by atoms with Crippen LogP contribution in [0.15, 0.2) is 30.3 Å². The van der Waals surface area contributed by atoms with Gasteiger partial charge >= 0.3 is 0 Å². The van der Waals surface area contributed by atoms with Gasteiger partial charge in [-0.05, 0) is 78.5 Å². The molecule has 2 N–H and O–H groups in total. The summed E-state index contributed by atoms with van der Waals surface area (Å²) in [4.78, 5) is 5.32. The monoisotopic (exact) mass is 459 g/mol. The van der Waals surface area contributed by atoms with E-state index in [1.54, 1.807) is 0 Å². The Bertz CT molecular complexity index is 1070. The first-order valence-corrected chi connectivity index (χ1v) is 13.5. The molecule has 1 heterocycles. The largest absolute Gasteiger partial charge is 0.388 e. The fourth-order valence-corrected chi connectivity index (χ4v) is 6.59. The molecule has 2 unspecified atom stereocenters. The van der Waals surface area contributed by atoms with Gasteiger partial charge in [0, 0.05) is 22.7 Å². The zero-order chi connectivity index (χ0) is 24.0. The van der Waals surface area contributed by atoms with E-state index in [1.165, 1.54) is 24.0 Å². The van der Waals surface area contributed by atoms with Crippen molar-refractivity contribution in [3.63, 3.8) is 0 Å². The van der Waals surface area contributed by atoms with Gasteiger partial charge < -0.3 is 10.2 Å². The first-order valence-electron chi connectivity index (χ1n) is 13.5. The van der Waals surface area contributed by atoms with Gasteiger partial charge in [-0.3, -0.25) is 4.98 Å². The number of aromatic nitrogens is 1. The number of aliphatic hydroxyl groups is 2. The molecule has 0 radical (unpaired) electrons. The van der Waals surface area contributed by atoms with Gasteiger partial charge in [-0.2, -0.15) is 0 Å². The van der Waals surface area contributed by atoms with Crippen LogP contribution in [-0.4, -0.2) is 15.2 Å². The third-order valence-corrected chi connectivity index (χ3v) is 8.40. The van der Waals surface area contributed by atoms with Crippen LogP contribution >= 0.6 is 0 Å². The van der Waals surface area contributed by atoms with Crippen molar-refractivity contribution in [1.29, 1.82) is 0 Å². The van der Waals surface area contributed by atoms with Crippen LogP contribution in [0.5, 0.6) is 0 Å². The lowest BCUT2D eigenvalue weighted by Gasteiger charge is -2.38. The molecular weight excluding hydrogens is 418 g/mol. The van der Waals surface area contributed by atoms with Crippen molar-refractivity contribution in [3.8, 4) is 0 Å². The second-order valence-corrected chi connectivity index (χ2v) is 12.0. The lowest BCUT2D eigenvalue weighted by atomic mass is 9.71. The van der Waals surface area contributed by atoms with Gasteiger partial charge in [0.15, 0.2) is 0 Å². The summed E-state index contributed by atoms with van der Waals surface area (Å²) in [7, 11) is 0. The topological polar surface area (TPSA) is 53.4 Å². The molecule has 3 nitrogen and oxygen atoms in total. The predicted octanol–water partition coefficient (Wildman–Crippen LogP) is 7.52. The summed E-state index contributed by atoms with van der Waals surface area (Å²) in [6.07, 6.45) is 10.7. The van der Waals surface area contributed by atoms with Crippen molar-refractivity contribution in [1.82, 2.24) is 4.98 Å². The highest BCUT2D eigenvalue weighted by Crippen LogP contribution is 2.50. The first kappa shape index (κ1) is 23.8. The van der Waals surface area contributed by atoms with Gasteiger partial charge in [0.1, 0.15) is 6.10 Å². The minimum absolute atomic E-state index is 0.0283. The van der Waals surface area contributed by atoms with Crippen LogP contribution in [0.4, 0.5) is 0 Å². The van der Waals surface area contributed by atoms with Crippen molar-refractivity contribution >= 4 is 5.57 Å². The predicted molar refractivity (Wildman–Crippen MR) is 139 cm³/mol. The third kappa shape index (κ3) is 4.38. The van der Waals surface area contributed by atoms with Crippen LogP contribution < -0.4 is 0 Å². The number of hydrogen-bond donors (Lipinski definition) is 2. The third-order valence-electron chi connectivity index (χ3n) is 8.40. The van der Waals surface area contributed by atoms with Crippen molar-refractivity contribution in [2.45, 2.75) is 110 Å². The molecule has 182 valence electrons. The summed E-state index contributed by atoms with van der Waals surface area (Å²) in [6, 6.07) is 8.47. The summed E-state index contributed by atoms with van der Waals surface area (Å²) >= 11 is 0. The van der Waals surface area contributed by atoms with Crippen LogP contribution in [0.1, 0.15) is 142 Å². The van der Waals surface area contributed by atoms with Gasteiger partial charge in [-0.1, -0.05) is 70.9 Å². The van der Waals surface area contributed by atoms with E-state index in [2.05, 4.69) is 58.0 Å². The molecule has 5 rings (SSSR count). The van der Waals surface area contributed by atoms with Crippen molar-refractivity contribution in [2.24, 2.45) is 5.41 Å². The van der Waals surface area contributed by atoms with E-state index in [0.717, 1.165) is 78.6 Å². The Morgan fingerprint density at radius 1 is 1.00 bits per heavy atom. The van der Waals surface area contributed by atoms with Crippen molar-refractivity contribution < 1.29 is 10.2 Å². The maximum Gasteiger partial charge on any atom is 0.106 e. The Balaban J connectivity index is 1.73. The molecule has 0 aliphatic heterocycles. The molecule has 2 atom stereocenters. The zero-order valence-corrected chi connectivity index (χ0v) is 21.4. The Hall–Kier alpha value is -1.97. The second-order valence-electron chi connectivity index (χ2n) is 12.0. The van der Waals surface area contributed by atoms with Crippen LogP contribution in [0.3, 0.4) is 0 Å². The average Bonchev–Trinajstić information content (AvgIpc) is 3.51. The van der Waals surface area contributed by atoms with E-state index < -0.39 is 12.2 Å². The highest BCUT2D eigenvalue weighted by molar-refractivity contribution is 5.75. The molecule has 3 heteroatoms. The molecule has 0 bridgehead atoms. The average molecular weight is 460 g/mol. The SMILES string of the molecule is CC(C)c1ccc(C(O)c2c(C3CCCC3)nc3c(c2C2=CCCC2)C(O)CC(C)(C)C3)cc1. The minimum atomic E-state index is -0.728. The summed E-state index contributed by atoms with van der Waals surface area (Å²) in [5.74, 6) is 0.858. The molecule has 0 saturated heterocycles. The fourth-order valence-electron chi connectivity index (χ4n) is 6.59. The van der Waals surface area contributed by atoms with Gasteiger partial charge in [0.25, 0.3) is 0 Å². The van der Waals surface area contributed by atoms with E-state index in [9.17, 15) is 10.2 Å². The summed E-state index contributed by atoms with van der Waals surface area (Å²) in [5.41, 5.74) is 8.83. The lowest BCUT2D eigenvalue weighted by molar-refractivity contribution is 0.0972. The number of nitrogens with zero attached hydrogens (tertiary/aromatic N) is 1. The standard InChI is InChI=1S/C31H41NO2/c1-19(2)20-13-15-23(16-14-20)30(34)28-26(21-9-5-6-10-21)27-24(17-31(3,4)18-25(27)33)32-29(28)22-11-7-8-12-22/h9,13-16,19,22,25,30,33-34H,5-8,10-12,17-18H2,1-4H3. The van der Waals surface area contributed by atoms with E-state index in [1.807, 2.05) is 0 Å². The highest BCUT2D eigenvalue weighted by Gasteiger charge is 2.39. The summed E-state index contributed by atoms with van der Waals surface area (Å²) in [6.45, 7) is 8.88. The van der Waals surface area contributed by atoms with Crippen molar-refractivity contribution in [2.75, 3.05) is 0 Å². The molecule has 34 heavy (non-hydrogen) atoms. The fraction of sp³-hybridized carbons (Fsp3) is 0.581. The van der Waals surface area contributed by atoms with Gasteiger partial charge in [0.2, 0.25) is 0 Å². The molecule has 3 aliphatic carbocycles. The number of aliphatic hydroxyl groups excluding tert-OH is 2. The Morgan fingerprint density at radius 3 is 2.29 bits per heavy atom. The Morgan fingerprint density at radius 2 is 1.68 bits per heavy atom. The number of allylic oxidation sites excluding steroid dienone is 2. The number of hydrogen-bond acceptors (Lipinski definition) is 3. The van der Waals surface area contributed by atoms with Crippen molar-refractivity contribution in [3.05, 3.63) is 69.5 Å². The number of fused-ring (bicyclic) bond motifs is 1. The van der Waals surface area contributed by atoms with E-state index >= 15 is 0 Å². The number of pyridine rings is 1. The molecule has 1 aromatic carbocycles. The number of benzene rings is 1. The lowest BCUT2D eigenvalue weighted by Crippen LogP contribution is -2.29. The molecular formula is C31H41NO2. The van der Waals surface area contributed by atoms with Crippen LogP contribution in [0, 0.1) is 5.41 Å². The van der Waals surface area contributed by atoms with Crippen LogP contribution in [-0.2, 0) is 6.42 Å². The molecule has 1 saturated carbocycles. The normalized spacial score (nSPS) is 23.3. The molecule has 0 spiro atoms. The maximum absolute atomic E-state index is 11.9. The van der Waals surface area contributed by atoms with Crippen LogP contribution in [0.25, 0.3) is 5.57 Å². The molecule has 3 aliphatic rings. The first-order chi connectivity index (χ1) is 16.2. The maximum atomic E-state index is 11.9. The van der Waals surface area contributed by atoms with Crippen LogP contribution in [0.2, 0.25) is 0 Å². The Labute approximate surface area is 205 Å². The van der Waals surface area contributed by atoms with Gasteiger partial charge in [-0.25, -0.2) is 0 Å². The quantitative estimate of drug-likeness (QED) is 0.486. The Kier molecular flexibility index (Phi) is 6.46. The van der Waals surface area contributed by atoms with Gasteiger partial charge in [-0.15, -0.1) is 0 Å². The van der Waals surface area contributed by atoms with Gasteiger partial charge in [0.05, 0.1) is 11.8 Å².